The number of likely N-dealkylation sites (tertiary alicyclic amines) is 1. The van der Waals surface area contributed by atoms with Gasteiger partial charge in [-0.1, -0.05) is 13.3 Å². The van der Waals surface area contributed by atoms with Gasteiger partial charge >= 0.3 is 0 Å². The van der Waals surface area contributed by atoms with Gasteiger partial charge in [0.2, 0.25) is 0 Å². The summed E-state index contributed by atoms with van der Waals surface area (Å²) >= 11 is 0. The third-order valence-electron chi connectivity index (χ3n) is 4.63. The van der Waals surface area contributed by atoms with Crippen LogP contribution in [0.2, 0.25) is 0 Å². The average Bonchev–Trinajstić information content (AvgIpc) is 2.60. The molecule has 0 amide bonds. The smallest absolute Gasteiger partial charge is 0.191 e. The first-order valence-electron chi connectivity index (χ1n) is 9.64. The van der Waals surface area contributed by atoms with Crippen molar-refractivity contribution in [2.24, 2.45) is 4.99 Å². The zero-order chi connectivity index (χ0) is 17.6. The summed E-state index contributed by atoms with van der Waals surface area (Å²) in [4.78, 5) is 9.72. The summed E-state index contributed by atoms with van der Waals surface area (Å²) in [5.74, 6) is 0.949. The van der Waals surface area contributed by atoms with Crippen LogP contribution in [0.1, 0.15) is 39.5 Å². The molecule has 0 bridgehead atoms. The maximum atomic E-state index is 5.10. The van der Waals surface area contributed by atoms with Crippen LogP contribution in [0.5, 0.6) is 0 Å². The normalized spacial score (nSPS) is 18.9. The molecule has 0 aromatic rings. The van der Waals surface area contributed by atoms with Crippen molar-refractivity contribution in [3.63, 3.8) is 0 Å². The summed E-state index contributed by atoms with van der Waals surface area (Å²) in [6.45, 7) is 12.4. The van der Waals surface area contributed by atoms with E-state index in [9.17, 15) is 0 Å². The van der Waals surface area contributed by atoms with E-state index in [0.717, 1.165) is 58.3 Å². The quantitative estimate of drug-likeness (QED) is 0.210. The number of nitrogens with zero attached hydrogens (tertiary/aromatic N) is 3. The van der Waals surface area contributed by atoms with Crippen molar-refractivity contribution < 1.29 is 4.74 Å². The number of likely N-dealkylation sites (N-methyl/N-ethyl adjacent to an activating group) is 2. The lowest BCUT2D eigenvalue weighted by Gasteiger charge is -2.34. The second kappa shape index (κ2) is 16.1. The van der Waals surface area contributed by atoms with Crippen LogP contribution in [0.3, 0.4) is 0 Å². The molecular weight excluding hydrogens is 429 g/mol. The van der Waals surface area contributed by atoms with Gasteiger partial charge in [0.15, 0.2) is 5.96 Å². The van der Waals surface area contributed by atoms with Crippen molar-refractivity contribution in [3.8, 4) is 0 Å². The molecule has 1 heterocycles. The number of hydrogen-bond acceptors (Lipinski definition) is 4. The van der Waals surface area contributed by atoms with Crippen molar-refractivity contribution in [2.45, 2.75) is 45.6 Å². The largest absolute Gasteiger partial charge is 0.385 e. The molecule has 1 rings (SSSR count). The van der Waals surface area contributed by atoms with Gasteiger partial charge in [-0.15, -0.1) is 24.0 Å². The summed E-state index contributed by atoms with van der Waals surface area (Å²) in [5, 5.41) is 6.82. The lowest BCUT2D eigenvalue weighted by atomic mass is 10.0. The van der Waals surface area contributed by atoms with Crippen LogP contribution >= 0.6 is 24.0 Å². The Morgan fingerprint density at radius 2 is 2.04 bits per heavy atom. The summed E-state index contributed by atoms with van der Waals surface area (Å²) in [6.07, 6.45) is 5.03. The van der Waals surface area contributed by atoms with E-state index in [4.69, 9.17) is 9.73 Å². The number of aliphatic imine (C=N–C) groups is 1. The number of nitrogens with one attached hydrogen (secondary N) is 2. The molecule has 6 nitrogen and oxygen atoms in total. The minimum absolute atomic E-state index is 0. The van der Waals surface area contributed by atoms with Gasteiger partial charge in [-0.05, 0) is 46.3 Å². The summed E-state index contributed by atoms with van der Waals surface area (Å²) in [7, 11) is 3.91. The molecule has 2 N–H and O–H groups in total. The first kappa shape index (κ1) is 24.9. The molecule has 1 unspecified atom stereocenters. The Bertz CT molecular complexity index is 343. The first-order valence-corrected chi connectivity index (χ1v) is 9.64. The molecule has 0 aliphatic carbocycles. The number of methoxy groups -OCH3 is 1. The Balaban J connectivity index is 0.00000576. The van der Waals surface area contributed by atoms with Crippen molar-refractivity contribution in [3.05, 3.63) is 0 Å². The number of hydrogen-bond donors (Lipinski definition) is 2. The fraction of sp³-hybridized carbons (Fsp3) is 0.944. The van der Waals surface area contributed by atoms with Gasteiger partial charge < -0.3 is 20.3 Å². The topological polar surface area (TPSA) is 52.1 Å². The molecular formula is C18H40IN5O. The summed E-state index contributed by atoms with van der Waals surface area (Å²) < 4.78 is 5.10. The minimum Gasteiger partial charge on any atom is -0.385 e. The van der Waals surface area contributed by atoms with Crippen molar-refractivity contribution in [1.82, 2.24) is 20.4 Å². The Kier molecular flexibility index (Phi) is 16.0. The van der Waals surface area contributed by atoms with Gasteiger partial charge in [0.05, 0.1) is 6.54 Å². The molecule has 25 heavy (non-hydrogen) atoms. The van der Waals surface area contributed by atoms with E-state index in [2.05, 4.69) is 41.3 Å². The molecule has 0 aromatic heterocycles. The third kappa shape index (κ3) is 11.2. The summed E-state index contributed by atoms with van der Waals surface area (Å²) in [5.41, 5.74) is 0. The Hall–Kier alpha value is -0.120. The van der Waals surface area contributed by atoms with E-state index < -0.39 is 0 Å². The molecule has 1 aliphatic heterocycles. The van der Waals surface area contributed by atoms with E-state index in [1.165, 1.54) is 25.8 Å². The fourth-order valence-electron chi connectivity index (χ4n) is 3.18. The van der Waals surface area contributed by atoms with Gasteiger partial charge in [0, 0.05) is 45.9 Å². The number of halogens is 1. The van der Waals surface area contributed by atoms with Crippen molar-refractivity contribution in [1.29, 1.82) is 0 Å². The molecule has 1 saturated heterocycles. The Labute approximate surface area is 172 Å². The predicted octanol–water partition coefficient (Wildman–Crippen LogP) is 2.00. The molecule has 0 radical (unpaired) electrons. The van der Waals surface area contributed by atoms with Crippen LogP contribution in [-0.4, -0.2) is 88.4 Å². The van der Waals surface area contributed by atoms with Crippen LogP contribution in [0.25, 0.3) is 0 Å². The minimum atomic E-state index is 0. The number of rotatable bonds is 11. The molecule has 0 saturated carbocycles. The van der Waals surface area contributed by atoms with Crippen molar-refractivity contribution in [2.75, 3.05) is 66.6 Å². The molecule has 0 spiro atoms. The van der Waals surface area contributed by atoms with Crippen LogP contribution in [0.15, 0.2) is 4.99 Å². The van der Waals surface area contributed by atoms with Crippen LogP contribution < -0.4 is 10.6 Å². The maximum absolute atomic E-state index is 5.10. The SMILES string of the molecule is CCNC(=NCC1CCCCN1CC)NCCN(C)CCCOC.I. The lowest BCUT2D eigenvalue weighted by Crippen LogP contribution is -2.44. The highest BCUT2D eigenvalue weighted by Crippen LogP contribution is 2.16. The van der Waals surface area contributed by atoms with Gasteiger partial charge in [-0.25, -0.2) is 0 Å². The number of ether oxygens (including phenoxy) is 1. The van der Waals surface area contributed by atoms with E-state index in [1.807, 2.05) is 0 Å². The summed E-state index contributed by atoms with van der Waals surface area (Å²) in [6, 6.07) is 0.607. The molecule has 0 aromatic carbocycles. The average molecular weight is 469 g/mol. The van der Waals surface area contributed by atoms with Crippen molar-refractivity contribution >= 4 is 29.9 Å². The van der Waals surface area contributed by atoms with E-state index in [1.54, 1.807) is 7.11 Å². The Morgan fingerprint density at radius 1 is 1.24 bits per heavy atom. The number of piperidine rings is 1. The molecule has 7 heteroatoms. The van der Waals surface area contributed by atoms with Crippen LogP contribution in [0.4, 0.5) is 0 Å². The predicted molar refractivity (Wildman–Crippen MR) is 118 cm³/mol. The van der Waals surface area contributed by atoms with Crippen LogP contribution in [0, 0.1) is 0 Å². The van der Waals surface area contributed by atoms with E-state index >= 15 is 0 Å². The first-order chi connectivity index (χ1) is 11.7. The molecule has 1 aliphatic rings. The molecule has 1 atom stereocenters. The van der Waals surface area contributed by atoms with Crippen LogP contribution in [-0.2, 0) is 4.74 Å². The van der Waals surface area contributed by atoms with Gasteiger partial charge in [-0.3, -0.25) is 9.89 Å². The van der Waals surface area contributed by atoms with Gasteiger partial charge in [0.25, 0.3) is 0 Å². The van der Waals surface area contributed by atoms with E-state index in [0.29, 0.717) is 6.04 Å². The highest BCUT2D eigenvalue weighted by Gasteiger charge is 2.20. The lowest BCUT2D eigenvalue weighted by molar-refractivity contribution is 0.161. The van der Waals surface area contributed by atoms with Gasteiger partial charge in [0.1, 0.15) is 0 Å². The standard InChI is InChI=1S/C18H39N5O.HI/c1-5-19-18(20-11-14-22(3)12-9-15-24-4)21-16-17-10-7-8-13-23(17)6-2;/h17H,5-16H2,1-4H3,(H2,19,20,21);1H. The second-order valence-corrected chi connectivity index (χ2v) is 6.57. The van der Waals surface area contributed by atoms with Gasteiger partial charge in [-0.2, -0.15) is 0 Å². The maximum Gasteiger partial charge on any atom is 0.191 e. The monoisotopic (exact) mass is 469 g/mol. The molecule has 1 fully saturated rings. The zero-order valence-corrected chi connectivity index (χ0v) is 19.1. The van der Waals surface area contributed by atoms with E-state index in [-0.39, 0.29) is 24.0 Å². The molecule has 150 valence electrons. The second-order valence-electron chi connectivity index (χ2n) is 6.57. The highest BCUT2D eigenvalue weighted by atomic mass is 127. The highest BCUT2D eigenvalue weighted by molar-refractivity contribution is 14.0. The number of guanidine groups is 1. The zero-order valence-electron chi connectivity index (χ0n) is 16.7. The Morgan fingerprint density at radius 3 is 2.72 bits per heavy atom. The third-order valence-corrected chi connectivity index (χ3v) is 4.63. The fourth-order valence-corrected chi connectivity index (χ4v) is 3.18.